The predicted octanol–water partition coefficient (Wildman–Crippen LogP) is 4.20. The van der Waals surface area contributed by atoms with Gasteiger partial charge in [0.2, 0.25) is 0 Å². The van der Waals surface area contributed by atoms with Crippen LogP contribution in [0, 0.1) is 6.92 Å². The normalized spacial score (nSPS) is 10.7. The largest absolute Gasteiger partial charge is 0.490 e. The molecule has 0 atom stereocenters. The first kappa shape index (κ1) is 16.9. The number of aliphatic carboxylic acids is 1. The number of halogens is 1. The molecule has 2 aromatic rings. The SMILES string of the molecule is Cc1cc(OCCOc2ccccc2C=CC(=O)O)ccc1Cl. The number of benzene rings is 2. The summed E-state index contributed by atoms with van der Waals surface area (Å²) in [6.07, 6.45) is 2.58. The first-order chi connectivity index (χ1) is 11.1. The maximum atomic E-state index is 10.6. The van der Waals surface area contributed by atoms with Crippen molar-refractivity contribution in [3.05, 3.63) is 64.7 Å². The van der Waals surface area contributed by atoms with Gasteiger partial charge in [-0.3, -0.25) is 0 Å². The predicted molar refractivity (Wildman–Crippen MR) is 90.3 cm³/mol. The van der Waals surface area contributed by atoms with E-state index < -0.39 is 5.97 Å². The molecule has 0 radical (unpaired) electrons. The molecule has 0 aliphatic heterocycles. The van der Waals surface area contributed by atoms with Gasteiger partial charge in [0, 0.05) is 16.7 Å². The van der Waals surface area contributed by atoms with E-state index in [0.29, 0.717) is 29.5 Å². The number of aryl methyl sites for hydroxylation is 1. The molecule has 0 unspecified atom stereocenters. The van der Waals surface area contributed by atoms with E-state index >= 15 is 0 Å². The van der Waals surface area contributed by atoms with Gasteiger partial charge in [-0.25, -0.2) is 4.79 Å². The number of carbonyl (C=O) groups is 1. The van der Waals surface area contributed by atoms with Gasteiger partial charge < -0.3 is 14.6 Å². The van der Waals surface area contributed by atoms with Crippen LogP contribution in [0.3, 0.4) is 0 Å². The van der Waals surface area contributed by atoms with Gasteiger partial charge in [-0.2, -0.15) is 0 Å². The molecule has 5 heteroatoms. The van der Waals surface area contributed by atoms with E-state index in [1.54, 1.807) is 24.3 Å². The highest BCUT2D eigenvalue weighted by molar-refractivity contribution is 6.31. The molecule has 0 heterocycles. The fourth-order valence-electron chi connectivity index (χ4n) is 1.93. The van der Waals surface area contributed by atoms with Gasteiger partial charge in [0.15, 0.2) is 0 Å². The highest BCUT2D eigenvalue weighted by Gasteiger charge is 2.02. The Balaban J connectivity index is 1.89. The van der Waals surface area contributed by atoms with Gasteiger partial charge in [-0.05, 0) is 42.8 Å². The standard InChI is InChI=1S/C18H17ClO4/c1-13-12-15(7-8-16(13)19)22-10-11-23-17-5-3-2-4-14(17)6-9-18(20)21/h2-9,12H,10-11H2,1H3,(H,20,21). The zero-order valence-corrected chi connectivity index (χ0v) is 13.4. The minimum Gasteiger partial charge on any atom is -0.490 e. The van der Waals surface area contributed by atoms with Crippen molar-refractivity contribution in [2.24, 2.45) is 0 Å². The number of ether oxygens (including phenoxy) is 2. The Labute approximate surface area is 139 Å². The minimum atomic E-state index is -0.999. The Morgan fingerprint density at radius 3 is 2.65 bits per heavy atom. The van der Waals surface area contributed by atoms with Gasteiger partial charge >= 0.3 is 5.97 Å². The smallest absolute Gasteiger partial charge is 0.328 e. The number of carboxylic acids is 1. The second kappa shape index (κ2) is 8.25. The molecular formula is C18H17ClO4. The van der Waals surface area contributed by atoms with E-state index in [-0.39, 0.29) is 0 Å². The molecule has 0 spiro atoms. The number of carboxylic acid groups (broad SMARTS) is 1. The number of hydrogen-bond donors (Lipinski definition) is 1. The molecule has 1 N–H and O–H groups in total. The summed E-state index contributed by atoms with van der Waals surface area (Å²) < 4.78 is 11.3. The van der Waals surface area contributed by atoms with Crippen LogP contribution < -0.4 is 9.47 Å². The van der Waals surface area contributed by atoms with E-state index in [1.165, 1.54) is 6.08 Å². The maximum Gasteiger partial charge on any atom is 0.328 e. The Bertz CT molecular complexity index is 710. The third-order valence-corrected chi connectivity index (χ3v) is 3.49. The van der Waals surface area contributed by atoms with Gasteiger partial charge in [0.1, 0.15) is 24.7 Å². The summed E-state index contributed by atoms with van der Waals surface area (Å²) in [6.45, 7) is 2.63. The summed E-state index contributed by atoms with van der Waals surface area (Å²) in [6, 6.07) is 12.7. The van der Waals surface area contributed by atoms with Crippen molar-refractivity contribution in [1.82, 2.24) is 0 Å². The molecular weight excluding hydrogens is 316 g/mol. The van der Waals surface area contributed by atoms with Crippen molar-refractivity contribution >= 4 is 23.6 Å². The van der Waals surface area contributed by atoms with E-state index in [9.17, 15) is 4.79 Å². The molecule has 120 valence electrons. The van der Waals surface area contributed by atoms with Crippen molar-refractivity contribution in [1.29, 1.82) is 0 Å². The van der Waals surface area contributed by atoms with Crippen LogP contribution in [0.2, 0.25) is 5.02 Å². The average molecular weight is 333 g/mol. The van der Waals surface area contributed by atoms with Gasteiger partial charge in [-0.15, -0.1) is 0 Å². The van der Waals surface area contributed by atoms with Crippen molar-refractivity contribution in [3.63, 3.8) is 0 Å². The first-order valence-electron chi connectivity index (χ1n) is 7.08. The highest BCUT2D eigenvalue weighted by Crippen LogP contribution is 2.22. The lowest BCUT2D eigenvalue weighted by Crippen LogP contribution is -2.09. The van der Waals surface area contributed by atoms with E-state index in [1.807, 2.05) is 25.1 Å². The van der Waals surface area contributed by atoms with Gasteiger partial charge in [0.25, 0.3) is 0 Å². The highest BCUT2D eigenvalue weighted by atomic mass is 35.5. The molecule has 2 aromatic carbocycles. The lowest BCUT2D eigenvalue weighted by atomic mass is 10.2. The number of para-hydroxylation sites is 1. The summed E-state index contributed by atoms with van der Waals surface area (Å²) in [5.74, 6) is 0.344. The van der Waals surface area contributed by atoms with Gasteiger partial charge in [0.05, 0.1) is 0 Å². The topological polar surface area (TPSA) is 55.8 Å². The molecule has 2 rings (SSSR count). The monoisotopic (exact) mass is 332 g/mol. The Morgan fingerprint density at radius 1 is 1.17 bits per heavy atom. The van der Waals surface area contributed by atoms with Crippen LogP contribution >= 0.6 is 11.6 Å². The van der Waals surface area contributed by atoms with Crippen molar-refractivity contribution in [2.45, 2.75) is 6.92 Å². The average Bonchev–Trinajstić information content (AvgIpc) is 2.53. The summed E-state index contributed by atoms with van der Waals surface area (Å²) in [5, 5.41) is 9.39. The molecule has 0 aliphatic carbocycles. The first-order valence-corrected chi connectivity index (χ1v) is 7.46. The summed E-state index contributed by atoms with van der Waals surface area (Å²) in [5.41, 5.74) is 1.66. The molecule has 0 aliphatic rings. The Morgan fingerprint density at radius 2 is 1.91 bits per heavy atom. The fourth-order valence-corrected chi connectivity index (χ4v) is 2.05. The fraction of sp³-hybridized carbons (Fsp3) is 0.167. The molecule has 0 amide bonds. The van der Waals surface area contributed by atoms with Crippen molar-refractivity contribution in [3.8, 4) is 11.5 Å². The lowest BCUT2D eigenvalue weighted by Gasteiger charge is -2.11. The summed E-state index contributed by atoms with van der Waals surface area (Å²) in [4.78, 5) is 10.6. The zero-order chi connectivity index (χ0) is 16.7. The van der Waals surface area contributed by atoms with Crippen LogP contribution in [-0.2, 0) is 4.79 Å². The van der Waals surface area contributed by atoms with Crippen molar-refractivity contribution < 1.29 is 19.4 Å². The summed E-state index contributed by atoms with van der Waals surface area (Å²) >= 11 is 5.96. The molecule has 0 aromatic heterocycles. The quantitative estimate of drug-likeness (QED) is 0.609. The van der Waals surface area contributed by atoms with E-state index in [2.05, 4.69) is 0 Å². The molecule has 0 saturated heterocycles. The van der Waals surface area contributed by atoms with E-state index in [0.717, 1.165) is 17.4 Å². The van der Waals surface area contributed by atoms with Crippen molar-refractivity contribution in [2.75, 3.05) is 13.2 Å². The summed E-state index contributed by atoms with van der Waals surface area (Å²) in [7, 11) is 0. The number of hydrogen-bond acceptors (Lipinski definition) is 3. The van der Waals surface area contributed by atoms with Crippen LogP contribution in [0.15, 0.2) is 48.5 Å². The third-order valence-electron chi connectivity index (χ3n) is 3.06. The molecule has 4 nitrogen and oxygen atoms in total. The lowest BCUT2D eigenvalue weighted by molar-refractivity contribution is -0.131. The Hall–Kier alpha value is -2.46. The third kappa shape index (κ3) is 5.34. The van der Waals surface area contributed by atoms with Crippen LogP contribution in [-0.4, -0.2) is 24.3 Å². The van der Waals surface area contributed by atoms with Gasteiger partial charge in [-0.1, -0.05) is 29.8 Å². The maximum absolute atomic E-state index is 10.6. The second-order valence-electron chi connectivity index (χ2n) is 4.82. The van der Waals surface area contributed by atoms with Crippen LogP contribution in [0.1, 0.15) is 11.1 Å². The molecule has 0 fully saturated rings. The van der Waals surface area contributed by atoms with E-state index in [4.69, 9.17) is 26.2 Å². The number of rotatable bonds is 7. The van der Waals surface area contributed by atoms with Crippen LogP contribution in [0.25, 0.3) is 6.08 Å². The minimum absolute atomic E-state index is 0.347. The second-order valence-corrected chi connectivity index (χ2v) is 5.22. The zero-order valence-electron chi connectivity index (χ0n) is 12.7. The Kier molecular flexibility index (Phi) is 6.06. The molecule has 23 heavy (non-hydrogen) atoms. The van der Waals surface area contributed by atoms with Crippen LogP contribution in [0.4, 0.5) is 0 Å². The molecule has 0 bridgehead atoms. The molecule has 0 saturated carbocycles. The van der Waals surface area contributed by atoms with Crippen LogP contribution in [0.5, 0.6) is 11.5 Å².